The van der Waals surface area contributed by atoms with Gasteiger partial charge in [0.15, 0.2) is 0 Å². The second-order valence-corrected chi connectivity index (χ2v) is 5.07. The normalized spacial score (nSPS) is 10.9. The number of ether oxygens (including phenoxy) is 1. The van der Waals surface area contributed by atoms with E-state index in [2.05, 4.69) is 39.3 Å². The molecule has 1 aromatic carbocycles. The molecule has 0 fully saturated rings. The van der Waals surface area contributed by atoms with Gasteiger partial charge in [0.25, 0.3) is 0 Å². The second kappa shape index (κ2) is 7.69. The lowest BCUT2D eigenvalue weighted by atomic mass is 10.2. The molecule has 0 spiro atoms. The zero-order valence-corrected chi connectivity index (χ0v) is 12.4. The summed E-state index contributed by atoms with van der Waals surface area (Å²) >= 11 is 3.50. The van der Waals surface area contributed by atoms with Crippen molar-refractivity contribution < 1.29 is 4.74 Å². The van der Waals surface area contributed by atoms with E-state index in [0.717, 1.165) is 36.3 Å². The van der Waals surface area contributed by atoms with E-state index < -0.39 is 0 Å². The Bertz CT molecular complexity index is 344. The van der Waals surface area contributed by atoms with Crippen molar-refractivity contribution in [3.8, 4) is 5.75 Å². The monoisotopic (exact) mass is 300 g/mol. The molecule has 0 aliphatic carbocycles. The summed E-state index contributed by atoms with van der Waals surface area (Å²) in [6.45, 7) is 3.04. The van der Waals surface area contributed by atoms with Gasteiger partial charge in [0.05, 0.1) is 7.11 Å². The van der Waals surface area contributed by atoms with Crippen LogP contribution in [0.3, 0.4) is 0 Å². The molecule has 3 nitrogen and oxygen atoms in total. The summed E-state index contributed by atoms with van der Waals surface area (Å²) in [7, 11) is 5.83. The molecule has 1 rings (SSSR count). The summed E-state index contributed by atoms with van der Waals surface area (Å²) in [5.74, 6) is 0.952. The van der Waals surface area contributed by atoms with Gasteiger partial charge < -0.3 is 15.0 Å². The first-order chi connectivity index (χ1) is 8.17. The maximum atomic E-state index is 5.37. The third-order valence-electron chi connectivity index (χ3n) is 2.65. The van der Waals surface area contributed by atoms with Gasteiger partial charge >= 0.3 is 0 Å². The van der Waals surface area contributed by atoms with Gasteiger partial charge in [-0.25, -0.2) is 0 Å². The zero-order chi connectivity index (χ0) is 12.7. The predicted octanol–water partition coefficient (Wildman–Crippen LogP) is 2.50. The Morgan fingerprint density at radius 3 is 2.82 bits per heavy atom. The highest BCUT2D eigenvalue weighted by Gasteiger charge is 2.06. The number of hydrogen-bond donors (Lipinski definition) is 1. The summed E-state index contributed by atoms with van der Waals surface area (Å²) in [4.78, 5) is 2.31. The minimum absolute atomic E-state index is 0.909. The molecule has 1 N–H and O–H groups in total. The van der Waals surface area contributed by atoms with E-state index in [0.29, 0.717) is 0 Å². The van der Waals surface area contributed by atoms with E-state index in [1.807, 2.05) is 19.2 Å². The van der Waals surface area contributed by atoms with Gasteiger partial charge in [-0.3, -0.25) is 0 Å². The van der Waals surface area contributed by atoms with Crippen LogP contribution in [0.2, 0.25) is 0 Å². The van der Waals surface area contributed by atoms with Crippen LogP contribution >= 0.6 is 15.9 Å². The van der Waals surface area contributed by atoms with Gasteiger partial charge in [0.1, 0.15) is 5.75 Å². The number of benzene rings is 1. The van der Waals surface area contributed by atoms with Gasteiger partial charge in [-0.1, -0.05) is 15.9 Å². The Morgan fingerprint density at radius 1 is 1.41 bits per heavy atom. The van der Waals surface area contributed by atoms with Crippen molar-refractivity contribution in [2.24, 2.45) is 0 Å². The lowest BCUT2D eigenvalue weighted by Crippen LogP contribution is -2.22. The van der Waals surface area contributed by atoms with Crippen LogP contribution in [-0.4, -0.2) is 39.2 Å². The number of halogens is 1. The van der Waals surface area contributed by atoms with Crippen molar-refractivity contribution in [3.05, 3.63) is 28.2 Å². The molecule has 0 radical (unpaired) electrons. The largest absolute Gasteiger partial charge is 0.496 e. The predicted molar refractivity (Wildman–Crippen MR) is 75.6 cm³/mol. The number of methoxy groups -OCH3 is 1. The first-order valence-corrected chi connectivity index (χ1v) is 6.62. The van der Waals surface area contributed by atoms with Crippen LogP contribution in [0.1, 0.15) is 12.0 Å². The summed E-state index contributed by atoms with van der Waals surface area (Å²) in [6, 6.07) is 6.12. The average Bonchev–Trinajstić information content (AvgIpc) is 2.29. The van der Waals surface area contributed by atoms with E-state index in [9.17, 15) is 0 Å². The highest BCUT2D eigenvalue weighted by molar-refractivity contribution is 9.10. The van der Waals surface area contributed by atoms with Crippen LogP contribution in [0.4, 0.5) is 0 Å². The van der Waals surface area contributed by atoms with Crippen LogP contribution in [0.25, 0.3) is 0 Å². The molecular weight excluding hydrogens is 280 g/mol. The molecule has 0 aliphatic rings. The third kappa shape index (κ3) is 5.06. The lowest BCUT2D eigenvalue weighted by Gasteiger charge is -2.18. The summed E-state index contributed by atoms with van der Waals surface area (Å²) in [5, 5.41) is 3.16. The summed E-state index contributed by atoms with van der Waals surface area (Å²) in [5.41, 5.74) is 1.22. The van der Waals surface area contributed by atoms with Crippen molar-refractivity contribution in [2.75, 3.05) is 34.3 Å². The fourth-order valence-electron chi connectivity index (χ4n) is 1.77. The van der Waals surface area contributed by atoms with Crippen molar-refractivity contribution >= 4 is 15.9 Å². The van der Waals surface area contributed by atoms with Crippen LogP contribution in [0.5, 0.6) is 5.75 Å². The maximum Gasteiger partial charge on any atom is 0.123 e. The highest BCUT2D eigenvalue weighted by Crippen LogP contribution is 2.23. The minimum Gasteiger partial charge on any atom is -0.496 e. The summed E-state index contributed by atoms with van der Waals surface area (Å²) < 4.78 is 6.46. The van der Waals surface area contributed by atoms with Crippen LogP contribution in [0, 0.1) is 0 Å². The quantitative estimate of drug-likeness (QED) is 0.783. The van der Waals surface area contributed by atoms with Gasteiger partial charge in [0, 0.05) is 16.6 Å². The fraction of sp³-hybridized carbons (Fsp3) is 0.538. The molecule has 0 bridgehead atoms. The maximum absolute atomic E-state index is 5.37. The Labute approximate surface area is 112 Å². The Morgan fingerprint density at radius 2 is 2.18 bits per heavy atom. The van der Waals surface area contributed by atoms with E-state index in [1.54, 1.807) is 7.11 Å². The van der Waals surface area contributed by atoms with E-state index in [4.69, 9.17) is 4.74 Å². The molecule has 0 aromatic heterocycles. The van der Waals surface area contributed by atoms with Gasteiger partial charge in [-0.2, -0.15) is 0 Å². The first kappa shape index (κ1) is 14.5. The van der Waals surface area contributed by atoms with Gasteiger partial charge in [0.2, 0.25) is 0 Å². The summed E-state index contributed by atoms with van der Waals surface area (Å²) in [6.07, 6.45) is 1.16. The smallest absolute Gasteiger partial charge is 0.123 e. The number of rotatable bonds is 7. The van der Waals surface area contributed by atoms with Crippen molar-refractivity contribution in [3.63, 3.8) is 0 Å². The second-order valence-electron chi connectivity index (χ2n) is 4.15. The van der Waals surface area contributed by atoms with E-state index in [1.165, 1.54) is 5.56 Å². The Hall–Kier alpha value is -0.580. The van der Waals surface area contributed by atoms with E-state index in [-0.39, 0.29) is 0 Å². The van der Waals surface area contributed by atoms with E-state index >= 15 is 0 Å². The SMILES string of the molecule is CNCCCN(C)Cc1cc(Br)ccc1OC. The Kier molecular flexibility index (Phi) is 6.55. The fourth-order valence-corrected chi connectivity index (χ4v) is 2.17. The number of nitrogens with one attached hydrogen (secondary N) is 1. The Balaban J connectivity index is 2.57. The molecule has 0 unspecified atom stereocenters. The van der Waals surface area contributed by atoms with Gasteiger partial charge in [-0.15, -0.1) is 0 Å². The molecule has 1 aromatic rings. The van der Waals surface area contributed by atoms with Crippen molar-refractivity contribution in [1.82, 2.24) is 10.2 Å². The number of nitrogens with zero attached hydrogens (tertiary/aromatic N) is 1. The molecule has 96 valence electrons. The molecule has 0 atom stereocenters. The molecular formula is C13H21BrN2O. The minimum atomic E-state index is 0.909. The van der Waals surface area contributed by atoms with Crippen LogP contribution < -0.4 is 10.1 Å². The van der Waals surface area contributed by atoms with Gasteiger partial charge in [-0.05, 0) is 51.8 Å². The van der Waals surface area contributed by atoms with Crippen LogP contribution in [0.15, 0.2) is 22.7 Å². The molecule has 0 aliphatic heterocycles. The molecule has 0 heterocycles. The zero-order valence-electron chi connectivity index (χ0n) is 10.8. The van der Waals surface area contributed by atoms with Crippen molar-refractivity contribution in [2.45, 2.75) is 13.0 Å². The standard InChI is InChI=1S/C13H21BrN2O/c1-15-7-4-8-16(2)10-11-9-12(14)5-6-13(11)17-3/h5-6,9,15H,4,7-8,10H2,1-3H3. The molecule has 0 amide bonds. The molecule has 4 heteroatoms. The molecule has 17 heavy (non-hydrogen) atoms. The number of hydrogen-bond acceptors (Lipinski definition) is 3. The highest BCUT2D eigenvalue weighted by atomic mass is 79.9. The molecule has 0 saturated heterocycles. The van der Waals surface area contributed by atoms with Crippen LogP contribution in [-0.2, 0) is 6.54 Å². The average molecular weight is 301 g/mol. The first-order valence-electron chi connectivity index (χ1n) is 5.83. The lowest BCUT2D eigenvalue weighted by molar-refractivity contribution is 0.312. The van der Waals surface area contributed by atoms with Crippen molar-refractivity contribution in [1.29, 1.82) is 0 Å². The third-order valence-corrected chi connectivity index (χ3v) is 3.14. The topological polar surface area (TPSA) is 24.5 Å². The molecule has 0 saturated carbocycles.